The van der Waals surface area contributed by atoms with Crippen LogP contribution in [0.3, 0.4) is 0 Å². The van der Waals surface area contributed by atoms with Gasteiger partial charge in [-0.25, -0.2) is 19.8 Å². The number of hydrogen-bond donors (Lipinski definition) is 0. The summed E-state index contributed by atoms with van der Waals surface area (Å²) in [4.78, 5) is 19.1. The van der Waals surface area contributed by atoms with E-state index < -0.39 is 0 Å². The third kappa shape index (κ3) is 5.42. The van der Waals surface area contributed by atoms with Gasteiger partial charge in [-0.2, -0.15) is 0 Å². The first kappa shape index (κ1) is 29.9. The maximum absolute atomic E-state index is 7.97. The third-order valence-electron chi connectivity index (χ3n) is 9.17. The maximum Gasteiger partial charge on any atom is 0.195 e. The molecule has 2 aromatic heterocycles. The van der Waals surface area contributed by atoms with Crippen LogP contribution in [0.4, 0.5) is 5.69 Å². The van der Waals surface area contributed by atoms with Crippen LogP contribution in [-0.2, 0) is 0 Å². The molecule has 51 heavy (non-hydrogen) atoms. The van der Waals surface area contributed by atoms with Crippen molar-refractivity contribution in [1.82, 2.24) is 15.0 Å². The molecule has 9 rings (SSSR count). The molecule has 0 radical (unpaired) electrons. The Labute approximate surface area is 295 Å². The van der Waals surface area contributed by atoms with E-state index in [9.17, 15) is 0 Å². The van der Waals surface area contributed by atoms with Gasteiger partial charge in [0.05, 0.1) is 6.57 Å². The molecule has 0 fully saturated rings. The molecule has 0 unspecified atom stereocenters. The fraction of sp³-hybridized carbons (Fsp3) is 0. The third-order valence-corrected chi connectivity index (χ3v) is 9.17. The van der Waals surface area contributed by atoms with Crippen molar-refractivity contribution in [3.63, 3.8) is 0 Å². The Morgan fingerprint density at radius 1 is 0.392 bits per heavy atom. The van der Waals surface area contributed by atoms with Crippen LogP contribution in [0.15, 0.2) is 174 Å². The predicted molar refractivity (Wildman–Crippen MR) is 206 cm³/mol. The highest BCUT2D eigenvalue weighted by Gasteiger charge is 2.24. The Hall–Kier alpha value is -7.16. The first-order chi connectivity index (χ1) is 25.2. The quantitative estimate of drug-likeness (QED) is 0.168. The minimum atomic E-state index is 0.534. The van der Waals surface area contributed by atoms with E-state index in [1.807, 2.05) is 115 Å². The van der Waals surface area contributed by atoms with E-state index in [4.69, 9.17) is 25.9 Å². The fourth-order valence-corrected chi connectivity index (χ4v) is 6.74. The molecule has 0 aliphatic rings. The van der Waals surface area contributed by atoms with Gasteiger partial charge in [0.15, 0.2) is 23.2 Å². The summed E-state index contributed by atoms with van der Waals surface area (Å²) in [5.41, 5.74) is 10.4. The molecule has 0 saturated carbocycles. The Morgan fingerprint density at radius 2 is 0.902 bits per heavy atom. The van der Waals surface area contributed by atoms with Crippen molar-refractivity contribution in [2.24, 2.45) is 0 Å². The number of rotatable bonds is 6. The Morgan fingerprint density at radius 3 is 1.51 bits per heavy atom. The lowest BCUT2D eigenvalue weighted by atomic mass is 9.93. The van der Waals surface area contributed by atoms with Gasteiger partial charge in [-0.1, -0.05) is 152 Å². The largest absolute Gasteiger partial charge is 0.455 e. The minimum Gasteiger partial charge on any atom is -0.455 e. The standard InChI is InChI=1S/C46H28N4O/c1-47-40-25-15-14-24-35(40)36-26-27-37(46-49-44(32-20-10-4-11-21-32)48-45(50-46)33-22-12-5-13-23-33)41-39-29-34(30-16-6-2-7-17-30)28-38(42(39)51-43(36)41)31-18-8-3-9-19-31/h2-29H. The van der Waals surface area contributed by atoms with Gasteiger partial charge in [-0.3, -0.25) is 0 Å². The van der Waals surface area contributed by atoms with Crippen LogP contribution in [-0.4, -0.2) is 15.0 Å². The van der Waals surface area contributed by atoms with Crippen molar-refractivity contribution in [3.8, 4) is 67.5 Å². The summed E-state index contributed by atoms with van der Waals surface area (Å²) in [6.45, 7) is 7.97. The summed E-state index contributed by atoms with van der Waals surface area (Å²) in [5, 5.41) is 1.81. The Bertz CT molecular complexity index is 2680. The SMILES string of the molecule is [C-]#[N+]c1ccccc1-c1ccc(-c2nc(-c3ccccc3)nc(-c3ccccc3)n2)c2c1oc1c(-c3ccccc3)cc(-c3ccccc3)cc12. The van der Waals surface area contributed by atoms with Crippen molar-refractivity contribution < 1.29 is 4.42 Å². The van der Waals surface area contributed by atoms with Gasteiger partial charge in [0.2, 0.25) is 0 Å². The second kappa shape index (κ2) is 12.7. The van der Waals surface area contributed by atoms with Gasteiger partial charge in [-0.05, 0) is 40.5 Å². The van der Waals surface area contributed by atoms with Crippen LogP contribution in [0.2, 0.25) is 0 Å². The van der Waals surface area contributed by atoms with Crippen LogP contribution in [0.5, 0.6) is 0 Å². The summed E-state index contributed by atoms with van der Waals surface area (Å²) < 4.78 is 7.03. The lowest BCUT2D eigenvalue weighted by Crippen LogP contribution is -2.00. The minimum absolute atomic E-state index is 0.534. The first-order valence-corrected chi connectivity index (χ1v) is 16.7. The molecule has 5 heteroatoms. The number of fused-ring (bicyclic) bond motifs is 3. The average Bonchev–Trinajstić information content (AvgIpc) is 3.61. The van der Waals surface area contributed by atoms with E-state index in [2.05, 4.69) is 59.4 Å². The molecule has 5 nitrogen and oxygen atoms in total. The van der Waals surface area contributed by atoms with E-state index in [0.717, 1.165) is 66.4 Å². The molecule has 0 spiro atoms. The van der Waals surface area contributed by atoms with Crippen molar-refractivity contribution in [3.05, 3.63) is 181 Å². The van der Waals surface area contributed by atoms with E-state index >= 15 is 0 Å². The smallest absolute Gasteiger partial charge is 0.195 e. The van der Waals surface area contributed by atoms with Crippen molar-refractivity contribution >= 4 is 27.6 Å². The topological polar surface area (TPSA) is 56.2 Å². The molecule has 0 N–H and O–H groups in total. The molecule has 238 valence electrons. The van der Waals surface area contributed by atoms with E-state index in [0.29, 0.717) is 28.7 Å². The molecule has 0 bridgehead atoms. The van der Waals surface area contributed by atoms with Gasteiger partial charge in [0.25, 0.3) is 0 Å². The first-order valence-electron chi connectivity index (χ1n) is 16.7. The zero-order valence-corrected chi connectivity index (χ0v) is 27.4. The highest BCUT2D eigenvalue weighted by molar-refractivity contribution is 6.19. The summed E-state index contributed by atoms with van der Waals surface area (Å²) in [6.07, 6.45) is 0. The highest BCUT2D eigenvalue weighted by Crippen LogP contribution is 2.47. The highest BCUT2D eigenvalue weighted by atomic mass is 16.3. The fourth-order valence-electron chi connectivity index (χ4n) is 6.74. The van der Waals surface area contributed by atoms with Crippen molar-refractivity contribution in [1.29, 1.82) is 0 Å². The zero-order valence-electron chi connectivity index (χ0n) is 27.4. The monoisotopic (exact) mass is 652 g/mol. The van der Waals surface area contributed by atoms with Gasteiger partial charge < -0.3 is 4.42 Å². The molecule has 9 aromatic rings. The summed E-state index contributed by atoms with van der Waals surface area (Å²) >= 11 is 0. The molecular weight excluding hydrogens is 625 g/mol. The molecule has 0 amide bonds. The van der Waals surface area contributed by atoms with Gasteiger partial charge in [0, 0.05) is 38.6 Å². The van der Waals surface area contributed by atoms with E-state index in [1.54, 1.807) is 0 Å². The lowest BCUT2D eigenvalue weighted by Gasteiger charge is -2.11. The van der Waals surface area contributed by atoms with Crippen LogP contribution in [0.25, 0.3) is 94.3 Å². The molecule has 7 aromatic carbocycles. The number of nitrogens with zero attached hydrogens (tertiary/aromatic N) is 4. The molecule has 0 aliphatic carbocycles. The van der Waals surface area contributed by atoms with Crippen LogP contribution < -0.4 is 0 Å². The molecule has 0 saturated heterocycles. The Kier molecular flexibility index (Phi) is 7.46. The van der Waals surface area contributed by atoms with Crippen LogP contribution in [0.1, 0.15) is 0 Å². The summed E-state index contributed by atoms with van der Waals surface area (Å²) in [6, 6.07) is 56.9. The van der Waals surface area contributed by atoms with Crippen LogP contribution >= 0.6 is 0 Å². The average molecular weight is 653 g/mol. The number of hydrogen-bond acceptors (Lipinski definition) is 4. The van der Waals surface area contributed by atoms with E-state index in [-0.39, 0.29) is 0 Å². The van der Waals surface area contributed by atoms with Gasteiger partial charge >= 0.3 is 0 Å². The zero-order chi connectivity index (χ0) is 34.1. The number of furan rings is 1. The number of para-hydroxylation sites is 1. The summed E-state index contributed by atoms with van der Waals surface area (Å²) in [7, 11) is 0. The number of benzene rings is 7. The lowest BCUT2D eigenvalue weighted by molar-refractivity contribution is 0.671. The van der Waals surface area contributed by atoms with Gasteiger partial charge in [0.1, 0.15) is 11.2 Å². The van der Waals surface area contributed by atoms with Gasteiger partial charge in [-0.15, -0.1) is 0 Å². The second-order valence-electron chi connectivity index (χ2n) is 12.3. The summed E-state index contributed by atoms with van der Waals surface area (Å²) in [5.74, 6) is 1.70. The normalized spacial score (nSPS) is 11.1. The number of aromatic nitrogens is 3. The second-order valence-corrected chi connectivity index (χ2v) is 12.3. The maximum atomic E-state index is 7.97. The Balaban J connectivity index is 1.42. The van der Waals surface area contributed by atoms with E-state index in [1.165, 1.54) is 0 Å². The molecule has 0 aliphatic heterocycles. The molecular formula is C46H28N4O. The molecule has 2 heterocycles. The van der Waals surface area contributed by atoms with Crippen LogP contribution in [0, 0.1) is 6.57 Å². The van der Waals surface area contributed by atoms with Crippen molar-refractivity contribution in [2.75, 3.05) is 0 Å². The predicted octanol–water partition coefficient (Wildman–Crippen LogP) is 12.3. The van der Waals surface area contributed by atoms with Crippen molar-refractivity contribution in [2.45, 2.75) is 0 Å². The molecule has 0 atom stereocenters.